The van der Waals surface area contributed by atoms with Crippen LogP contribution in [0.15, 0.2) is 57.3 Å². The van der Waals surface area contributed by atoms with E-state index in [1.165, 1.54) is 0 Å². The van der Waals surface area contributed by atoms with Crippen molar-refractivity contribution in [1.82, 2.24) is 0 Å². The molecule has 2 aliphatic rings. The second-order valence-corrected chi connectivity index (χ2v) is 15.1. The van der Waals surface area contributed by atoms with Crippen molar-refractivity contribution in [1.29, 1.82) is 0 Å². The van der Waals surface area contributed by atoms with Gasteiger partial charge < -0.3 is 4.90 Å². The number of nitrogens with zero attached hydrogens (tertiary/aromatic N) is 1. The standard InChI is InChI=1S/C23H26Cl2N2O6S4/c24-16-5-7-20-18(13-16)26(9-1-3-11-36(28,29)30)22(34-20)15-23-27(10-2-4-12-37(31,32)33)19-14-17(25)6-8-21(19)35-23/h5-8,13-15,22H,1-4,9-12H2,(H,28,29,30)(H,31,32,33)/p+1. The summed E-state index contributed by atoms with van der Waals surface area (Å²) < 4.78 is 62.7. The first kappa shape index (κ1) is 29.0. The SMILES string of the molecule is O=S(=O)(O)CCCCN1C(=CC2Sc3ccc(Cl)cc3[NH+]2CCCCS(=O)(=O)O)Sc2ccc(Cl)cc21. The molecule has 2 aromatic carbocycles. The molecule has 0 spiro atoms. The smallest absolute Gasteiger partial charge is 0.264 e. The summed E-state index contributed by atoms with van der Waals surface area (Å²) in [6.07, 6.45) is 4.02. The molecule has 2 unspecified atom stereocenters. The number of thioether (sulfide) groups is 2. The molecule has 0 aromatic heterocycles. The van der Waals surface area contributed by atoms with E-state index in [1.54, 1.807) is 23.5 Å². The molecule has 2 atom stereocenters. The Labute approximate surface area is 235 Å². The third-order valence-corrected chi connectivity index (χ3v) is 10.5. The van der Waals surface area contributed by atoms with Crippen LogP contribution in [-0.2, 0) is 20.2 Å². The van der Waals surface area contributed by atoms with Crippen LogP contribution in [0.1, 0.15) is 25.7 Å². The number of unbranched alkanes of at least 4 members (excludes halogenated alkanes) is 2. The summed E-state index contributed by atoms with van der Waals surface area (Å²) in [4.78, 5) is 5.41. The highest BCUT2D eigenvalue weighted by atomic mass is 35.5. The average Bonchev–Trinajstić information content (AvgIpc) is 3.30. The van der Waals surface area contributed by atoms with Crippen molar-refractivity contribution < 1.29 is 30.8 Å². The van der Waals surface area contributed by atoms with E-state index in [-0.39, 0.29) is 16.9 Å². The lowest BCUT2D eigenvalue weighted by atomic mass is 10.2. The highest BCUT2D eigenvalue weighted by Gasteiger charge is 2.36. The van der Waals surface area contributed by atoms with E-state index < -0.39 is 20.2 Å². The molecule has 4 rings (SSSR count). The minimum atomic E-state index is -4.01. The lowest BCUT2D eigenvalue weighted by Crippen LogP contribution is -3.09. The maximum atomic E-state index is 11.1. The Morgan fingerprint density at radius 2 is 1.51 bits per heavy atom. The Balaban J connectivity index is 1.57. The van der Waals surface area contributed by atoms with Gasteiger partial charge in [-0.15, -0.1) is 0 Å². The lowest BCUT2D eigenvalue weighted by Gasteiger charge is -2.23. The van der Waals surface area contributed by atoms with Gasteiger partial charge in [0.1, 0.15) is 5.69 Å². The molecule has 2 aromatic rings. The Morgan fingerprint density at radius 3 is 2.19 bits per heavy atom. The fourth-order valence-electron chi connectivity index (χ4n) is 4.34. The van der Waals surface area contributed by atoms with Crippen molar-refractivity contribution in [2.75, 3.05) is 29.5 Å². The van der Waals surface area contributed by atoms with Gasteiger partial charge in [0.25, 0.3) is 20.2 Å². The number of hydrogen-bond donors (Lipinski definition) is 3. The van der Waals surface area contributed by atoms with E-state index in [0.29, 0.717) is 48.8 Å². The van der Waals surface area contributed by atoms with Crippen LogP contribution < -0.4 is 9.80 Å². The molecule has 14 heteroatoms. The van der Waals surface area contributed by atoms with Gasteiger partial charge >= 0.3 is 0 Å². The van der Waals surface area contributed by atoms with Crippen molar-refractivity contribution in [3.8, 4) is 0 Å². The van der Waals surface area contributed by atoms with Crippen LogP contribution >= 0.6 is 46.7 Å². The number of anilines is 1. The third kappa shape index (κ3) is 8.02. The monoisotopic (exact) mass is 625 g/mol. The number of quaternary nitrogens is 1. The molecular weight excluding hydrogens is 599 g/mol. The fraction of sp³-hybridized carbons (Fsp3) is 0.391. The minimum absolute atomic E-state index is 0.00759. The zero-order valence-corrected chi connectivity index (χ0v) is 24.4. The van der Waals surface area contributed by atoms with Gasteiger partial charge in [-0.2, -0.15) is 16.8 Å². The zero-order valence-electron chi connectivity index (χ0n) is 19.6. The van der Waals surface area contributed by atoms with Gasteiger partial charge in [0.05, 0.1) is 33.7 Å². The maximum absolute atomic E-state index is 11.1. The number of hydrogen-bond acceptors (Lipinski definition) is 7. The molecule has 8 nitrogen and oxygen atoms in total. The quantitative estimate of drug-likeness (QED) is 0.241. The third-order valence-electron chi connectivity index (χ3n) is 6.00. The summed E-state index contributed by atoms with van der Waals surface area (Å²) in [6, 6.07) is 11.5. The first-order valence-corrected chi connectivity index (χ1v) is 17.3. The van der Waals surface area contributed by atoms with E-state index in [1.807, 2.05) is 36.4 Å². The largest absolute Gasteiger partial charge is 0.335 e. The van der Waals surface area contributed by atoms with Crippen LogP contribution in [0.5, 0.6) is 0 Å². The molecule has 2 aliphatic heterocycles. The first-order chi connectivity index (χ1) is 17.4. The Hall–Kier alpha value is -0.960. The maximum Gasteiger partial charge on any atom is 0.264 e. The summed E-state index contributed by atoms with van der Waals surface area (Å²) in [7, 11) is -8.01. The number of halogens is 2. The summed E-state index contributed by atoms with van der Waals surface area (Å²) in [5.74, 6) is -0.559. The molecular formula is C23H27Cl2N2O6S4+. The van der Waals surface area contributed by atoms with E-state index >= 15 is 0 Å². The van der Waals surface area contributed by atoms with Crippen LogP contribution in [-0.4, -0.2) is 55.9 Å². The van der Waals surface area contributed by atoms with Crippen molar-refractivity contribution in [3.05, 3.63) is 57.5 Å². The summed E-state index contributed by atoms with van der Waals surface area (Å²) in [6.45, 7) is 1.21. The minimum Gasteiger partial charge on any atom is -0.335 e. The molecule has 0 saturated heterocycles. The Kier molecular flexibility index (Phi) is 9.46. The average molecular weight is 627 g/mol. The summed E-state index contributed by atoms with van der Waals surface area (Å²) in [5, 5.41) is 2.22. The summed E-state index contributed by atoms with van der Waals surface area (Å²) >= 11 is 15.9. The van der Waals surface area contributed by atoms with E-state index in [4.69, 9.17) is 32.3 Å². The number of nitrogens with one attached hydrogen (secondary N) is 1. The van der Waals surface area contributed by atoms with Gasteiger partial charge in [-0.1, -0.05) is 46.7 Å². The molecule has 202 valence electrons. The normalized spacial score (nSPS) is 20.4. The van der Waals surface area contributed by atoms with Crippen LogP contribution in [0.2, 0.25) is 10.0 Å². The van der Waals surface area contributed by atoms with Crippen LogP contribution in [0.25, 0.3) is 0 Å². The van der Waals surface area contributed by atoms with E-state index in [2.05, 4.69) is 11.0 Å². The Morgan fingerprint density at radius 1 is 0.892 bits per heavy atom. The van der Waals surface area contributed by atoms with E-state index in [0.717, 1.165) is 31.1 Å². The zero-order chi connectivity index (χ0) is 26.8. The van der Waals surface area contributed by atoms with Crippen molar-refractivity contribution in [3.63, 3.8) is 0 Å². The molecule has 37 heavy (non-hydrogen) atoms. The molecule has 0 amide bonds. The van der Waals surface area contributed by atoms with E-state index in [9.17, 15) is 16.8 Å². The molecule has 2 heterocycles. The molecule has 0 radical (unpaired) electrons. The van der Waals surface area contributed by atoms with Crippen LogP contribution in [0.3, 0.4) is 0 Å². The Bertz CT molecular complexity index is 1400. The van der Waals surface area contributed by atoms with Crippen LogP contribution in [0, 0.1) is 0 Å². The van der Waals surface area contributed by atoms with Gasteiger partial charge in [0.15, 0.2) is 5.37 Å². The number of rotatable bonds is 11. The summed E-state index contributed by atoms with van der Waals surface area (Å²) in [5.41, 5.74) is 2.00. The topological polar surface area (TPSA) is 116 Å². The van der Waals surface area contributed by atoms with Gasteiger partial charge in [-0.25, -0.2) is 0 Å². The predicted octanol–water partition coefficient (Wildman–Crippen LogP) is 4.73. The van der Waals surface area contributed by atoms with Gasteiger partial charge in [0, 0.05) is 33.6 Å². The van der Waals surface area contributed by atoms with Crippen LogP contribution in [0.4, 0.5) is 11.4 Å². The predicted molar refractivity (Wildman–Crippen MR) is 151 cm³/mol. The number of fused-ring (bicyclic) bond motifs is 2. The molecule has 3 N–H and O–H groups in total. The molecule has 0 saturated carbocycles. The highest BCUT2D eigenvalue weighted by molar-refractivity contribution is 8.04. The van der Waals surface area contributed by atoms with Crippen molar-refractivity contribution >= 4 is 78.3 Å². The van der Waals surface area contributed by atoms with Crippen molar-refractivity contribution in [2.24, 2.45) is 0 Å². The number of benzene rings is 2. The first-order valence-electron chi connectivity index (χ1n) is 11.6. The highest BCUT2D eigenvalue weighted by Crippen LogP contribution is 2.48. The molecule has 0 bridgehead atoms. The second kappa shape index (κ2) is 12.1. The molecule has 0 fully saturated rings. The van der Waals surface area contributed by atoms with Gasteiger partial charge in [-0.05, 0) is 56.0 Å². The van der Waals surface area contributed by atoms with Crippen molar-refractivity contribution in [2.45, 2.75) is 40.8 Å². The second-order valence-electron chi connectivity index (χ2n) is 8.81. The lowest BCUT2D eigenvalue weighted by molar-refractivity contribution is -0.835. The fourth-order valence-corrected chi connectivity index (χ4v) is 8.36. The van der Waals surface area contributed by atoms with Gasteiger partial charge in [0.2, 0.25) is 0 Å². The van der Waals surface area contributed by atoms with Gasteiger partial charge in [-0.3, -0.25) is 14.0 Å². The molecule has 0 aliphatic carbocycles.